The normalized spacial score (nSPS) is 16.0. The fourth-order valence-corrected chi connectivity index (χ4v) is 3.98. The molecular formula is C13H17Cl3SiTi. The molecule has 98 valence electrons. The molecule has 0 amide bonds. The Kier molecular flexibility index (Phi) is 11.7. The van der Waals surface area contributed by atoms with Crippen LogP contribution in [-0.4, -0.2) is 8.07 Å². The Morgan fingerprint density at radius 2 is 1.50 bits per heavy atom. The van der Waals surface area contributed by atoms with Crippen molar-refractivity contribution in [1.29, 1.82) is 0 Å². The molecule has 2 rings (SSSR count). The van der Waals surface area contributed by atoms with Gasteiger partial charge in [-0.15, -0.1) is 11.6 Å². The third-order valence-electron chi connectivity index (χ3n) is 2.90. The van der Waals surface area contributed by atoms with Gasteiger partial charge in [-0.25, -0.2) is 5.57 Å². The summed E-state index contributed by atoms with van der Waals surface area (Å²) < 4.78 is 0. The Hall–Kier alpha value is 0.761. The van der Waals surface area contributed by atoms with Crippen molar-refractivity contribution in [2.75, 3.05) is 0 Å². The van der Waals surface area contributed by atoms with Gasteiger partial charge in [0.15, 0.2) is 0 Å². The average molecular weight is 356 g/mol. The van der Waals surface area contributed by atoms with Gasteiger partial charge in [-0.2, -0.15) is 5.56 Å². The molecule has 0 bridgehead atoms. The van der Waals surface area contributed by atoms with Crippen LogP contribution in [0.1, 0.15) is 23.6 Å². The van der Waals surface area contributed by atoms with Gasteiger partial charge in [0.2, 0.25) is 0 Å². The van der Waals surface area contributed by atoms with Crippen molar-refractivity contribution in [1.82, 2.24) is 0 Å². The second kappa shape index (κ2) is 8.84. The summed E-state index contributed by atoms with van der Waals surface area (Å²) in [4.78, 5) is 0. The van der Waals surface area contributed by atoms with Crippen LogP contribution in [0.15, 0.2) is 24.3 Å². The summed E-state index contributed by atoms with van der Waals surface area (Å²) >= 11 is 0. The molecule has 0 radical (unpaired) electrons. The van der Waals surface area contributed by atoms with Crippen LogP contribution in [-0.2, 0) is 21.7 Å². The van der Waals surface area contributed by atoms with Crippen LogP contribution in [0, 0.1) is 6.08 Å². The van der Waals surface area contributed by atoms with Gasteiger partial charge in [-0.1, -0.05) is 50.3 Å². The molecule has 0 aromatic heterocycles. The number of fused-ring (bicyclic) bond motifs is 1. The number of hydrogen-bond donors (Lipinski definition) is 0. The van der Waals surface area contributed by atoms with Crippen LogP contribution in [0.5, 0.6) is 0 Å². The number of allylic oxidation sites excluding steroid dienone is 2. The molecule has 0 N–H and O–H groups in total. The van der Waals surface area contributed by atoms with Gasteiger partial charge in [0, 0.05) is 8.07 Å². The molecule has 1 atom stereocenters. The predicted octanol–water partition coefficient (Wildman–Crippen LogP) is -5.12. The van der Waals surface area contributed by atoms with E-state index < -0.39 is 8.07 Å². The Morgan fingerprint density at radius 1 is 1.00 bits per heavy atom. The van der Waals surface area contributed by atoms with E-state index in [0.717, 1.165) is 0 Å². The smallest absolute Gasteiger partial charge is 1.00 e. The summed E-state index contributed by atoms with van der Waals surface area (Å²) in [7, 11) is -1.15. The standard InChI is InChI=1S/C13H17Si.3ClH.Ti/c1-10-9-13(14(2,3)4)12-8-6-5-7-11(10)12;;;;/h5-8,13H,1-4H3;3*1H;/q-1;;;;+4/p-3. The van der Waals surface area contributed by atoms with Crippen LogP contribution in [0.25, 0.3) is 5.57 Å². The fourth-order valence-electron chi connectivity index (χ4n) is 2.15. The van der Waals surface area contributed by atoms with Gasteiger partial charge in [0.25, 0.3) is 0 Å². The van der Waals surface area contributed by atoms with E-state index in [2.05, 4.69) is 56.9 Å². The summed E-state index contributed by atoms with van der Waals surface area (Å²) in [6.07, 6.45) is 3.64. The molecule has 1 aromatic carbocycles. The third-order valence-corrected chi connectivity index (χ3v) is 5.09. The van der Waals surface area contributed by atoms with E-state index in [1.807, 2.05) is 0 Å². The predicted molar refractivity (Wildman–Crippen MR) is 64.9 cm³/mol. The zero-order valence-corrected chi connectivity index (χ0v) is 15.8. The maximum Gasteiger partial charge on any atom is 4.00 e. The molecular weight excluding hydrogens is 338 g/mol. The molecule has 0 fully saturated rings. The minimum atomic E-state index is -1.15. The second-order valence-corrected chi connectivity index (χ2v) is 10.5. The maximum atomic E-state index is 3.64. The molecule has 0 saturated heterocycles. The molecule has 18 heavy (non-hydrogen) atoms. The van der Waals surface area contributed by atoms with E-state index in [-0.39, 0.29) is 58.9 Å². The topological polar surface area (TPSA) is 0 Å². The first-order valence-electron chi connectivity index (χ1n) is 5.19. The van der Waals surface area contributed by atoms with Crippen molar-refractivity contribution < 1.29 is 58.9 Å². The van der Waals surface area contributed by atoms with Crippen molar-refractivity contribution in [3.8, 4) is 0 Å². The largest absolute Gasteiger partial charge is 4.00 e. The maximum absolute atomic E-state index is 3.64. The fraction of sp³-hybridized carbons (Fsp3) is 0.385. The van der Waals surface area contributed by atoms with Crippen LogP contribution >= 0.6 is 0 Å². The summed E-state index contributed by atoms with van der Waals surface area (Å²) in [5.74, 6) is 0. The third kappa shape index (κ3) is 4.70. The van der Waals surface area contributed by atoms with E-state index in [1.54, 1.807) is 0 Å². The zero-order chi connectivity index (χ0) is 10.3. The Bertz CT molecular complexity index is 399. The molecule has 0 saturated carbocycles. The van der Waals surface area contributed by atoms with Crippen molar-refractivity contribution in [3.05, 3.63) is 41.5 Å². The molecule has 1 aliphatic rings. The first-order valence-corrected chi connectivity index (χ1v) is 8.77. The van der Waals surface area contributed by atoms with Crippen LogP contribution in [0.2, 0.25) is 19.6 Å². The minimum absolute atomic E-state index is 0. The number of rotatable bonds is 1. The van der Waals surface area contributed by atoms with Gasteiger partial charge >= 0.3 is 21.7 Å². The van der Waals surface area contributed by atoms with Gasteiger partial charge in [-0.3, -0.25) is 6.08 Å². The molecule has 0 heterocycles. The van der Waals surface area contributed by atoms with E-state index in [9.17, 15) is 0 Å². The first-order chi connectivity index (χ1) is 6.50. The molecule has 0 nitrogen and oxygen atoms in total. The van der Waals surface area contributed by atoms with E-state index in [4.69, 9.17) is 0 Å². The molecule has 1 unspecified atom stereocenters. The van der Waals surface area contributed by atoms with Crippen molar-refractivity contribution in [2.24, 2.45) is 0 Å². The quantitative estimate of drug-likeness (QED) is 0.349. The van der Waals surface area contributed by atoms with Crippen molar-refractivity contribution in [2.45, 2.75) is 32.1 Å². The Morgan fingerprint density at radius 3 is 2.00 bits per heavy atom. The number of benzene rings is 1. The van der Waals surface area contributed by atoms with Gasteiger partial charge in [0.1, 0.15) is 0 Å². The molecule has 1 aliphatic carbocycles. The number of hydrogen-bond acceptors (Lipinski definition) is 0. The van der Waals surface area contributed by atoms with Crippen LogP contribution in [0.3, 0.4) is 0 Å². The Balaban J connectivity index is -0.000000562. The second-order valence-electron chi connectivity index (χ2n) is 5.16. The number of halogens is 3. The SMILES string of the molecule is CC1=[C-]C([Si](C)(C)C)c2ccccc21.[Cl-].[Cl-].[Cl-].[Ti+4]. The first kappa shape index (κ1) is 23.8. The van der Waals surface area contributed by atoms with E-state index in [1.165, 1.54) is 16.7 Å². The van der Waals surface area contributed by atoms with Crippen LogP contribution in [0.4, 0.5) is 0 Å². The Labute approximate surface area is 145 Å². The molecule has 1 aromatic rings. The molecule has 0 spiro atoms. The van der Waals surface area contributed by atoms with E-state index >= 15 is 0 Å². The summed E-state index contributed by atoms with van der Waals surface area (Å²) in [6, 6.07) is 8.75. The van der Waals surface area contributed by atoms with Crippen molar-refractivity contribution >= 4 is 13.6 Å². The van der Waals surface area contributed by atoms with E-state index in [0.29, 0.717) is 5.54 Å². The van der Waals surface area contributed by atoms with Crippen LogP contribution < -0.4 is 37.2 Å². The molecule has 5 heteroatoms. The zero-order valence-electron chi connectivity index (χ0n) is 11.0. The average Bonchev–Trinajstić information content (AvgIpc) is 2.44. The monoisotopic (exact) mass is 354 g/mol. The summed E-state index contributed by atoms with van der Waals surface area (Å²) in [5, 5.41) is 0. The summed E-state index contributed by atoms with van der Waals surface area (Å²) in [5.41, 5.74) is 4.86. The molecule has 0 aliphatic heterocycles. The van der Waals surface area contributed by atoms with Gasteiger partial charge in [0.05, 0.1) is 0 Å². The van der Waals surface area contributed by atoms with Gasteiger partial charge < -0.3 is 37.2 Å². The minimum Gasteiger partial charge on any atom is -1.00 e. The van der Waals surface area contributed by atoms with Crippen molar-refractivity contribution in [3.63, 3.8) is 0 Å². The summed E-state index contributed by atoms with van der Waals surface area (Å²) in [6.45, 7) is 9.43. The van der Waals surface area contributed by atoms with Gasteiger partial charge in [-0.05, 0) is 0 Å².